The van der Waals surface area contributed by atoms with E-state index in [0.717, 1.165) is 37.8 Å². The highest BCUT2D eigenvalue weighted by Crippen LogP contribution is 2.50. The Morgan fingerprint density at radius 2 is 1.79 bits per heavy atom. The third kappa shape index (κ3) is 4.01. The molecule has 1 amide bonds. The summed E-state index contributed by atoms with van der Waals surface area (Å²) in [5.74, 6) is -0.0796. The van der Waals surface area contributed by atoms with E-state index in [1.807, 2.05) is 37.3 Å². The van der Waals surface area contributed by atoms with Crippen molar-refractivity contribution in [3.05, 3.63) is 69.6 Å². The van der Waals surface area contributed by atoms with Crippen molar-refractivity contribution < 1.29 is 4.79 Å². The van der Waals surface area contributed by atoms with Crippen LogP contribution in [0.5, 0.6) is 0 Å². The summed E-state index contributed by atoms with van der Waals surface area (Å²) in [6, 6.07) is 14.1. The Kier molecular flexibility index (Phi) is 5.23. The minimum Gasteiger partial charge on any atom is -0.313 e. The predicted octanol–water partition coefficient (Wildman–Crippen LogP) is 7.05. The maximum absolute atomic E-state index is 13.3. The van der Waals surface area contributed by atoms with Crippen LogP contribution in [-0.4, -0.2) is 16.4 Å². The first-order valence-corrected chi connectivity index (χ1v) is 12.9. The van der Waals surface area contributed by atoms with Crippen LogP contribution in [0.4, 0.5) is 5.00 Å². The van der Waals surface area contributed by atoms with Crippen LogP contribution in [0.1, 0.15) is 59.6 Å². The molecule has 0 saturated carbocycles. The summed E-state index contributed by atoms with van der Waals surface area (Å²) in [4.78, 5) is 19.5. The lowest BCUT2D eigenvalue weighted by molar-refractivity contribution is 0.102. The van der Waals surface area contributed by atoms with Crippen LogP contribution in [0.15, 0.2) is 42.5 Å². The van der Waals surface area contributed by atoms with Crippen molar-refractivity contribution in [2.45, 2.75) is 59.0 Å². The number of carbonyl (C=O) groups excluding carboxylic acids is 1. The van der Waals surface area contributed by atoms with Gasteiger partial charge in [-0.2, -0.15) is 0 Å². The van der Waals surface area contributed by atoms with Crippen molar-refractivity contribution in [2.24, 2.45) is 0 Å². The van der Waals surface area contributed by atoms with Gasteiger partial charge in [0.25, 0.3) is 5.91 Å². The molecule has 2 aromatic heterocycles. The maximum atomic E-state index is 13.3. The summed E-state index contributed by atoms with van der Waals surface area (Å²) < 4.78 is 1.16. The van der Waals surface area contributed by atoms with E-state index in [9.17, 15) is 4.79 Å². The summed E-state index contributed by atoms with van der Waals surface area (Å²) in [5.41, 5.74) is 6.09. The quantitative estimate of drug-likeness (QED) is 0.334. The minimum absolute atomic E-state index is 0.0572. The topological polar surface area (TPSA) is 54.0 Å². The van der Waals surface area contributed by atoms with Gasteiger partial charge in [-0.15, -0.1) is 22.7 Å². The van der Waals surface area contributed by atoms with E-state index in [-0.39, 0.29) is 17.0 Å². The molecule has 2 aromatic carbocycles. The largest absolute Gasteiger partial charge is 0.313 e. The SMILES string of the molecule is Cc1ccc(C(=O)Nc2sc3c(c2-c2nc4ccccc4s2)CC(C)(C)NC3(C)C)cc1C. The van der Waals surface area contributed by atoms with E-state index in [4.69, 9.17) is 4.98 Å². The van der Waals surface area contributed by atoms with Crippen molar-refractivity contribution in [3.63, 3.8) is 0 Å². The second kappa shape index (κ2) is 7.76. The number of amides is 1. The number of rotatable bonds is 3. The van der Waals surface area contributed by atoms with E-state index >= 15 is 0 Å². The first-order valence-electron chi connectivity index (χ1n) is 11.2. The predicted molar refractivity (Wildman–Crippen MR) is 141 cm³/mol. The summed E-state index contributed by atoms with van der Waals surface area (Å²) in [7, 11) is 0. The molecule has 0 radical (unpaired) electrons. The number of nitrogens with one attached hydrogen (secondary N) is 2. The Balaban J connectivity index is 1.66. The molecule has 2 N–H and O–H groups in total. The van der Waals surface area contributed by atoms with Crippen molar-refractivity contribution in [3.8, 4) is 10.6 Å². The van der Waals surface area contributed by atoms with Gasteiger partial charge in [-0.05, 0) is 88.9 Å². The van der Waals surface area contributed by atoms with Crippen molar-refractivity contribution in [1.29, 1.82) is 0 Å². The van der Waals surface area contributed by atoms with E-state index in [2.05, 4.69) is 57.4 Å². The zero-order chi connectivity index (χ0) is 23.5. The van der Waals surface area contributed by atoms with Crippen LogP contribution < -0.4 is 10.6 Å². The molecule has 0 unspecified atom stereocenters. The van der Waals surface area contributed by atoms with Gasteiger partial charge < -0.3 is 10.6 Å². The molecule has 0 saturated heterocycles. The van der Waals surface area contributed by atoms with Crippen LogP contribution in [-0.2, 0) is 12.0 Å². The number of carbonyl (C=O) groups is 1. The van der Waals surface area contributed by atoms with Crippen molar-refractivity contribution >= 4 is 43.8 Å². The maximum Gasteiger partial charge on any atom is 0.256 e. The van der Waals surface area contributed by atoms with E-state index < -0.39 is 0 Å². The van der Waals surface area contributed by atoms with Crippen LogP contribution in [0.2, 0.25) is 0 Å². The minimum atomic E-state index is -0.198. The fraction of sp³-hybridized carbons (Fsp3) is 0.333. The zero-order valence-corrected chi connectivity index (χ0v) is 21.6. The van der Waals surface area contributed by atoms with Crippen LogP contribution in [0, 0.1) is 13.8 Å². The average Bonchev–Trinajstić information content (AvgIpc) is 3.29. The number of fused-ring (bicyclic) bond motifs is 2. The number of aryl methyl sites for hydroxylation is 2. The molecule has 0 aliphatic carbocycles. The molecule has 5 rings (SSSR count). The van der Waals surface area contributed by atoms with Gasteiger partial charge in [0, 0.05) is 27.1 Å². The highest BCUT2D eigenvalue weighted by atomic mass is 32.1. The molecule has 1 aliphatic rings. The Morgan fingerprint density at radius 3 is 2.52 bits per heavy atom. The molecule has 170 valence electrons. The molecule has 0 fully saturated rings. The fourth-order valence-corrected chi connectivity index (χ4v) is 7.26. The van der Waals surface area contributed by atoms with E-state index in [1.165, 1.54) is 16.0 Å². The number of thiophene rings is 1. The molecule has 3 heterocycles. The third-order valence-electron chi connectivity index (χ3n) is 6.35. The lowest BCUT2D eigenvalue weighted by Crippen LogP contribution is -2.54. The molecule has 0 spiro atoms. The smallest absolute Gasteiger partial charge is 0.256 e. The zero-order valence-electron chi connectivity index (χ0n) is 19.9. The molecule has 33 heavy (non-hydrogen) atoms. The van der Waals surface area contributed by atoms with Crippen molar-refractivity contribution in [2.75, 3.05) is 5.32 Å². The number of thiazole rings is 1. The van der Waals surface area contributed by atoms with Gasteiger partial charge in [0.15, 0.2) is 0 Å². The molecule has 0 atom stereocenters. The first kappa shape index (κ1) is 22.3. The van der Waals surface area contributed by atoms with Crippen molar-refractivity contribution in [1.82, 2.24) is 10.3 Å². The normalized spacial score (nSPS) is 16.5. The molecule has 0 bridgehead atoms. The second-order valence-electron chi connectivity index (χ2n) is 10.2. The monoisotopic (exact) mass is 475 g/mol. The Morgan fingerprint density at radius 1 is 1.03 bits per heavy atom. The van der Waals surface area contributed by atoms with Gasteiger partial charge in [-0.3, -0.25) is 4.79 Å². The number of anilines is 1. The Labute approximate surface area is 203 Å². The molecular weight excluding hydrogens is 446 g/mol. The molecule has 1 aliphatic heterocycles. The Hall–Kier alpha value is -2.54. The van der Waals surface area contributed by atoms with Gasteiger partial charge in [-0.1, -0.05) is 18.2 Å². The molecule has 4 aromatic rings. The Bertz CT molecular complexity index is 1360. The third-order valence-corrected chi connectivity index (χ3v) is 8.87. The van der Waals surface area contributed by atoms with Gasteiger partial charge >= 0.3 is 0 Å². The summed E-state index contributed by atoms with van der Waals surface area (Å²) in [6.45, 7) is 13.0. The van der Waals surface area contributed by atoms with Gasteiger partial charge in [0.2, 0.25) is 0 Å². The average molecular weight is 476 g/mol. The number of benzene rings is 2. The van der Waals surface area contributed by atoms with Crippen LogP contribution in [0.25, 0.3) is 20.8 Å². The fourth-order valence-electron chi connectivity index (χ4n) is 4.88. The van der Waals surface area contributed by atoms with Crippen LogP contribution in [0.3, 0.4) is 0 Å². The lowest BCUT2D eigenvalue weighted by atomic mass is 9.81. The highest BCUT2D eigenvalue weighted by molar-refractivity contribution is 7.23. The summed E-state index contributed by atoms with van der Waals surface area (Å²) in [5, 5.41) is 8.90. The standard InChI is InChI=1S/C27H29N3OS2/c1-15-11-12-17(13-16(15)2)23(31)29-25-21(24-28-19-9-7-8-10-20(19)32-24)18-14-26(3,4)30-27(5,6)22(18)33-25/h7-13,30H,14H2,1-6H3,(H,29,31). The number of aromatic nitrogens is 1. The number of para-hydroxylation sites is 1. The van der Waals surface area contributed by atoms with E-state index in [1.54, 1.807) is 22.7 Å². The van der Waals surface area contributed by atoms with E-state index in [0.29, 0.717) is 5.56 Å². The highest BCUT2D eigenvalue weighted by Gasteiger charge is 2.41. The molecule has 6 heteroatoms. The number of nitrogens with zero attached hydrogens (tertiary/aromatic N) is 1. The first-order chi connectivity index (χ1) is 15.5. The second-order valence-corrected chi connectivity index (χ2v) is 12.2. The summed E-state index contributed by atoms with van der Waals surface area (Å²) in [6.07, 6.45) is 0.882. The molecular formula is C27H29N3OS2. The molecule has 4 nitrogen and oxygen atoms in total. The van der Waals surface area contributed by atoms with Gasteiger partial charge in [0.1, 0.15) is 10.0 Å². The van der Waals surface area contributed by atoms with Crippen LogP contribution >= 0.6 is 22.7 Å². The number of hydrogen-bond donors (Lipinski definition) is 2. The number of hydrogen-bond acceptors (Lipinski definition) is 5. The summed E-state index contributed by atoms with van der Waals surface area (Å²) >= 11 is 3.37. The lowest BCUT2D eigenvalue weighted by Gasteiger charge is -2.42. The van der Waals surface area contributed by atoms with Gasteiger partial charge in [-0.25, -0.2) is 4.98 Å². The van der Waals surface area contributed by atoms with Gasteiger partial charge in [0.05, 0.1) is 10.2 Å².